The van der Waals surface area contributed by atoms with Gasteiger partial charge in [0, 0.05) is 35.4 Å². The molecule has 0 fully saturated rings. The fourth-order valence-corrected chi connectivity index (χ4v) is 4.16. The lowest BCUT2D eigenvalue weighted by Crippen LogP contribution is -2.28. The highest BCUT2D eigenvalue weighted by Gasteiger charge is 2.42. The van der Waals surface area contributed by atoms with Crippen LogP contribution in [0.4, 0.5) is 18.9 Å². The average molecular weight is 504 g/mol. The number of non-ortho nitro benzene ring substituents is 1. The first kappa shape index (κ1) is 24.9. The van der Waals surface area contributed by atoms with Crippen LogP contribution in [0.1, 0.15) is 28.0 Å². The van der Waals surface area contributed by atoms with Crippen LogP contribution in [0.5, 0.6) is 5.75 Å². The number of nitrogens with zero attached hydrogens (tertiary/aromatic N) is 3. The number of alkyl halides is 3. The molecule has 188 valence electrons. The number of carboxylic acids is 1. The highest BCUT2D eigenvalue weighted by molar-refractivity contribution is 5.92. The zero-order valence-corrected chi connectivity index (χ0v) is 18.5. The van der Waals surface area contributed by atoms with Crippen molar-refractivity contribution < 1.29 is 37.5 Å². The minimum absolute atomic E-state index is 0.00595. The van der Waals surface area contributed by atoms with Crippen LogP contribution in [-0.4, -0.2) is 44.5 Å². The van der Waals surface area contributed by atoms with E-state index in [1.165, 1.54) is 35.0 Å². The zero-order valence-electron chi connectivity index (χ0n) is 18.5. The van der Waals surface area contributed by atoms with E-state index in [-0.39, 0.29) is 41.9 Å². The third kappa shape index (κ3) is 4.64. The van der Waals surface area contributed by atoms with Crippen LogP contribution in [0.3, 0.4) is 0 Å². The number of aryl methyl sites for hydroxylation is 2. The van der Waals surface area contributed by atoms with Crippen LogP contribution < -0.4 is 10.5 Å². The van der Waals surface area contributed by atoms with Gasteiger partial charge in [0.05, 0.1) is 10.6 Å². The molecule has 3 aromatic rings. The summed E-state index contributed by atoms with van der Waals surface area (Å²) in [5.74, 6) is -4.05. The summed E-state index contributed by atoms with van der Waals surface area (Å²) in [7, 11) is 0. The van der Waals surface area contributed by atoms with Gasteiger partial charge in [-0.2, -0.15) is 18.3 Å². The van der Waals surface area contributed by atoms with E-state index in [4.69, 9.17) is 5.73 Å². The van der Waals surface area contributed by atoms with Crippen LogP contribution in [0.2, 0.25) is 0 Å². The number of carbonyl (C=O) groups excluding carboxylic acids is 1. The number of nitro benzene ring substituents is 1. The van der Waals surface area contributed by atoms with Crippen LogP contribution in [0.15, 0.2) is 36.4 Å². The molecule has 0 atom stereocenters. The number of fused-ring (bicyclic) bond motifs is 3. The minimum Gasteiger partial charge on any atom is -0.477 e. The predicted molar refractivity (Wildman–Crippen MR) is 119 cm³/mol. The number of nitrogens with two attached hydrogens (primary N) is 1. The Morgan fingerprint density at radius 3 is 2.58 bits per heavy atom. The lowest BCUT2D eigenvalue weighted by Gasteiger charge is -2.20. The number of esters is 1. The Morgan fingerprint density at radius 1 is 1.19 bits per heavy atom. The summed E-state index contributed by atoms with van der Waals surface area (Å²) in [6.45, 7) is 0.560. The molecule has 0 unspecified atom stereocenters. The summed E-state index contributed by atoms with van der Waals surface area (Å²) in [6.07, 6.45) is -4.30. The first-order valence-corrected chi connectivity index (χ1v) is 10.8. The second-order valence-corrected chi connectivity index (χ2v) is 8.05. The second kappa shape index (κ2) is 9.41. The minimum atomic E-state index is -5.26. The molecule has 13 heteroatoms. The van der Waals surface area contributed by atoms with Gasteiger partial charge >= 0.3 is 18.1 Å². The Kier molecular flexibility index (Phi) is 6.50. The maximum absolute atomic E-state index is 13.0. The molecule has 0 spiro atoms. The number of rotatable bonds is 7. The van der Waals surface area contributed by atoms with Gasteiger partial charge in [0.25, 0.3) is 5.69 Å². The van der Waals surface area contributed by atoms with Gasteiger partial charge in [-0.3, -0.25) is 14.8 Å². The van der Waals surface area contributed by atoms with Gasteiger partial charge in [0.15, 0.2) is 0 Å². The van der Waals surface area contributed by atoms with Gasteiger partial charge in [-0.1, -0.05) is 12.1 Å². The molecule has 1 aliphatic carbocycles. The molecule has 4 rings (SSSR count). The molecule has 2 aromatic carbocycles. The highest BCUT2D eigenvalue weighted by atomic mass is 19.4. The van der Waals surface area contributed by atoms with Crippen LogP contribution in [0, 0.1) is 10.1 Å². The Hall–Kier alpha value is -4.26. The van der Waals surface area contributed by atoms with Crippen molar-refractivity contribution in [2.24, 2.45) is 5.73 Å². The molecule has 1 heterocycles. The SMILES string of the molecule is NCCCn1nc2c(c1C(=O)O)CCc1cc(OC(=O)C(F)(F)F)c(-c3cccc([N+](=O)[O-])c3)cc1-2. The van der Waals surface area contributed by atoms with E-state index < -0.39 is 28.8 Å². The van der Waals surface area contributed by atoms with Crippen LogP contribution in [0.25, 0.3) is 22.4 Å². The van der Waals surface area contributed by atoms with Crippen LogP contribution >= 0.6 is 0 Å². The van der Waals surface area contributed by atoms with Gasteiger partial charge in [0.1, 0.15) is 11.4 Å². The largest absolute Gasteiger partial charge is 0.491 e. The third-order valence-electron chi connectivity index (χ3n) is 5.73. The molecule has 1 aliphatic rings. The number of benzene rings is 2. The topological polar surface area (TPSA) is 151 Å². The molecule has 1 aromatic heterocycles. The van der Waals surface area contributed by atoms with Crippen molar-refractivity contribution in [1.82, 2.24) is 9.78 Å². The number of hydrogen-bond acceptors (Lipinski definition) is 7. The predicted octanol–water partition coefficient (Wildman–Crippen LogP) is 3.74. The summed E-state index contributed by atoms with van der Waals surface area (Å²) in [6, 6.07) is 7.79. The van der Waals surface area contributed by atoms with Gasteiger partial charge in [-0.25, -0.2) is 9.59 Å². The summed E-state index contributed by atoms with van der Waals surface area (Å²) in [5, 5.41) is 25.5. The normalized spacial score (nSPS) is 12.6. The molecule has 0 saturated carbocycles. The lowest BCUT2D eigenvalue weighted by atomic mass is 9.86. The fraction of sp³-hybridized carbons (Fsp3) is 0.261. The van der Waals surface area contributed by atoms with E-state index >= 15 is 0 Å². The van der Waals surface area contributed by atoms with Crippen molar-refractivity contribution in [2.75, 3.05) is 6.54 Å². The number of halogens is 3. The van der Waals surface area contributed by atoms with Crippen molar-refractivity contribution in [1.29, 1.82) is 0 Å². The molecule has 0 radical (unpaired) electrons. The molecular formula is C23H19F3N4O6. The lowest BCUT2D eigenvalue weighted by molar-refractivity contribution is -0.384. The summed E-state index contributed by atoms with van der Waals surface area (Å²) in [4.78, 5) is 34.2. The second-order valence-electron chi connectivity index (χ2n) is 8.05. The molecule has 0 saturated heterocycles. The van der Waals surface area contributed by atoms with Crippen molar-refractivity contribution in [3.8, 4) is 28.1 Å². The number of hydrogen-bond donors (Lipinski definition) is 2. The van der Waals surface area contributed by atoms with Crippen molar-refractivity contribution in [2.45, 2.75) is 32.0 Å². The van der Waals surface area contributed by atoms with E-state index in [0.717, 1.165) is 6.07 Å². The zero-order chi connectivity index (χ0) is 26.2. The van der Waals surface area contributed by atoms with Crippen molar-refractivity contribution in [3.05, 3.63) is 63.3 Å². The number of aromatic carboxylic acids is 1. The number of carboxylic acid groups (broad SMARTS) is 1. The highest BCUT2D eigenvalue weighted by Crippen LogP contribution is 2.42. The van der Waals surface area contributed by atoms with E-state index in [2.05, 4.69) is 9.84 Å². The summed E-state index contributed by atoms with van der Waals surface area (Å²) < 4.78 is 44.9. The Bertz CT molecular complexity index is 1380. The standard InChI is InChI=1S/C23H19F3N4O6/c24-23(25,26)22(33)36-18-10-13-5-6-15-19(28-29(8-2-7-27)20(15)21(31)32)17(13)11-16(18)12-3-1-4-14(9-12)30(34)35/h1,3-4,9-11H,2,5-8,27H2,(H,31,32). The number of aromatic nitrogens is 2. The van der Waals surface area contributed by atoms with Crippen LogP contribution in [-0.2, 0) is 24.2 Å². The summed E-state index contributed by atoms with van der Waals surface area (Å²) >= 11 is 0. The van der Waals surface area contributed by atoms with Crippen molar-refractivity contribution in [3.63, 3.8) is 0 Å². The van der Waals surface area contributed by atoms with Crippen molar-refractivity contribution >= 4 is 17.6 Å². The number of nitro groups is 1. The smallest absolute Gasteiger partial charge is 0.477 e. The van der Waals surface area contributed by atoms with Gasteiger partial charge in [0.2, 0.25) is 0 Å². The number of ether oxygens (including phenoxy) is 1. The Labute approximate surface area is 201 Å². The maximum Gasteiger partial charge on any atom is 0.491 e. The van der Waals surface area contributed by atoms with Gasteiger partial charge in [-0.05, 0) is 49.1 Å². The Balaban J connectivity index is 1.92. The molecule has 36 heavy (non-hydrogen) atoms. The average Bonchev–Trinajstić information content (AvgIpc) is 3.20. The molecule has 0 amide bonds. The molecule has 0 aliphatic heterocycles. The fourth-order valence-electron chi connectivity index (χ4n) is 4.16. The molecule has 10 nitrogen and oxygen atoms in total. The first-order valence-electron chi connectivity index (χ1n) is 10.8. The summed E-state index contributed by atoms with van der Waals surface area (Å²) in [5.41, 5.74) is 7.03. The molecule has 0 bridgehead atoms. The van der Waals surface area contributed by atoms with Gasteiger partial charge in [-0.15, -0.1) is 0 Å². The monoisotopic (exact) mass is 504 g/mol. The van der Waals surface area contributed by atoms with Gasteiger partial charge < -0.3 is 15.6 Å². The molecular weight excluding hydrogens is 485 g/mol. The van der Waals surface area contributed by atoms with E-state index in [1.807, 2.05) is 0 Å². The van der Waals surface area contributed by atoms with E-state index in [1.54, 1.807) is 0 Å². The Morgan fingerprint density at radius 2 is 1.94 bits per heavy atom. The third-order valence-corrected chi connectivity index (χ3v) is 5.73. The maximum atomic E-state index is 13.0. The van der Waals surface area contributed by atoms with E-state index in [0.29, 0.717) is 35.3 Å². The number of carbonyl (C=O) groups is 2. The quantitative estimate of drug-likeness (QED) is 0.214. The van der Waals surface area contributed by atoms with E-state index in [9.17, 15) is 38.0 Å². The first-order chi connectivity index (χ1) is 17.0. The molecule has 3 N–H and O–H groups in total.